The molecule has 0 saturated heterocycles. The molecule has 124 valence electrons. The second kappa shape index (κ2) is 7.16. The van der Waals surface area contributed by atoms with E-state index >= 15 is 0 Å². The van der Waals surface area contributed by atoms with Gasteiger partial charge in [-0.2, -0.15) is 5.10 Å². The largest absolute Gasteiger partial charge is 0.344 e. The van der Waals surface area contributed by atoms with Crippen molar-refractivity contribution >= 4 is 5.95 Å². The standard InChI is InChI=1S/C17H21N7/c1-12(2)10-15(16-20-11-21-24(16)3)23-17-19-9-6-14(22-17)13-4-7-18-8-5-13/h4-9,11-12,15H,10H2,1-3H3,(H,19,22,23). The summed E-state index contributed by atoms with van der Waals surface area (Å²) in [6.45, 7) is 4.36. The zero-order valence-corrected chi connectivity index (χ0v) is 14.1. The molecule has 0 saturated carbocycles. The molecule has 3 aromatic heterocycles. The molecular formula is C17H21N7. The lowest BCUT2D eigenvalue weighted by Crippen LogP contribution is -2.19. The predicted molar refractivity (Wildman–Crippen MR) is 92.1 cm³/mol. The summed E-state index contributed by atoms with van der Waals surface area (Å²) in [4.78, 5) is 17.4. The highest BCUT2D eigenvalue weighted by atomic mass is 15.3. The number of aryl methyl sites for hydroxylation is 1. The molecule has 0 amide bonds. The Bertz CT molecular complexity index is 782. The number of hydrogen-bond donors (Lipinski definition) is 1. The fraction of sp³-hybridized carbons (Fsp3) is 0.353. The van der Waals surface area contributed by atoms with Crippen LogP contribution in [0.3, 0.4) is 0 Å². The van der Waals surface area contributed by atoms with Crippen LogP contribution in [0.5, 0.6) is 0 Å². The van der Waals surface area contributed by atoms with Gasteiger partial charge in [-0.05, 0) is 30.5 Å². The average Bonchev–Trinajstić information content (AvgIpc) is 3.01. The summed E-state index contributed by atoms with van der Waals surface area (Å²) in [5.41, 5.74) is 1.87. The Morgan fingerprint density at radius 2 is 1.88 bits per heavy atom. The summed E-state index contributed by atoms with van der Waals surface area (Å²) in [7, 11) is 1.89. The van der Waals surface area contributed by atoms with Gasteiger partial charge in [0, 0.05) is 31.2 Å². The van der Waals surface area contributed by atoms with Crippen molar-refractivity contribution in [2.75, 3.05) is 5.32 Å². The average molecular weight is 323 g/mol. The van der Waals surface area contributed by atoms with Crippen LogP contribution in [0.4, 0.5) is 5.95 Å². The Balaban J connectivity index is 1.86. The van der Waals surface area contributed by atoms with Crippen molar-refractivity contribution in [3.8, 4) is 11.3 Å². The first-order valence-corrected chi connectivity index (χ1v) is 7.97. The molecule has 1 unspecified atom stereocenters. The molecule has 0 aliphatic rings. The minimum atomic E-state index is 0.00481. The molecule has 1 N–H and O–H groups in total. The third-order valence-corrected chi connectivity index (χ3v) is 3.70. The fourth-order valence-corrected chi connectivity index (χ4v) is 2.59. The number of rotatable bonds is 6. The minimum Gasteiger partial charge on any atom is -0.344 e. The SMILES string of the molecule is CC(C)CC(Nc1nccc(-c2ccncc2)n1)c1ncnn1C. The van der Waals surface area contributed by atoms with Crippen molar-refractivity contribution in [3.05, 3.63) is 48.9 Å². The van der Waals surface area contributed by atoms with Gasteiger partial charge in [0.05, 0.1) is 11.7 Å². The van der Waals surface area contributed by atoms with Crippen molar-refractivity contribution in [1.82, 2.24) is 29.7 Å². The third kappa shape index (κ3) is 3.73. The molecule has 3 aromatic rings. The van der Waals surface area contributed by atoms with Crippen molar-refractivity contribution < 1.29 is 0 Å². The Labute approximate surface area is 141 Å². The molecular weight excluding hydrogens is 302 g/mol. The summed E-state index contributed by atoms with van der Waals surface area (Å²) in [5, 5.41) is 7.57. The summed E-state index contributed by atoms with van der Waals surface area (Å²) < 4.78 is 1.78. The van der Waals surface area contributed by atoms with Gasteiger partial charge in [-0.25, -0.2) is 15.0 Å². The van der Waals surface area contributed by atoms with E-state index in [0.717, 1.165) is 23.5 Å². The van der Waals surface area contributed by atoms with Crippen molar-refractivity contribution in [2.24, 2.45) is 13.0 Å². The Morgan fingerprint density at radius 1 is 1.08 bits per heavy atom. The van der Waals surface area contributed by atoms with Crippen LogP contribution in [0, 0.1) is 5.92 Å². The number of anilines is 1. The molecule has 3 heterocycles. The van der Waals surface area contributed by atoms with Crippen LogP contribution in [0.2, 0.25) is 0 Å². The zero-order valence-electron chi connectivity index (χ0n) is 14.1. The van der Waals surface area contributed by atoms with E-state index in [1.54, 1.807) is 29.6 Å². The molecule has 0 fully saturated rings. The lowest BCUT2D eigenvalue weighted by molar-refractivity contribution is 0.496. The minimum absolute atomic E-state index is 0.00481. The Hall–Kier alpha value is -2.83. The maximum Gasteiger partial charge on any atom is 0.223 e. The highest BCUT2D eigenvalue weighted by molar-refractivity contribution is 5.59. The van der Waals surface area contributed by atoms with E-state index in [4.69, 9.17) is 0 Å². The second-order valence-electron chi connectivity index (χ2n) is 6.07. The van der Waals surface area contributed by atoms with E-state index in [2.05, 4.69) is 44.2 Å². The van der Waals surface area contributed by atoms with Gasteiger partial charge >= 0.3 is 0 Å². The van der Waals surface area contributed by atoms with E-state index in [1.807, 2.05) is 25.2 Å². The van der Waals surface area contributed by atoms with E-state index in [0.29, 0.717) is 11.9 Å². The number of aromatic nitrogens is 6. The van der Waals surface area contributed by atoms with Gasteiger partial charge in [-0.1, -0.05) is 13.8 Å². The number of pyridine rings is 1. The molecule has 3 rings (SSSR count). The van der Waals surface area contributed by atoms with Crippen molar-refractivity contribution in [2.45, 2.75) is 26.3 Å². The zero-order chi connectivity index (χ0) is 16.9. The highest BCUT2D eigenvalue weighted by Gasteiger charge is 2.19. The first kappa shape index (κ1) is 16.0. The molecule has 0 aliphatic heterocycles. The van der Waals surface area contributed by atoms with Gasteiger partial charge in [0.25, 0.3) is 0 Å². The fourth-order valence-electron chi connectivity index (χ4n) is 2.59. The Kier molecular flexibility index (Phi) is 4.79. The molecule has 1 atom stereocenters. The summed E-state index contributed by atoms with van der Waals surface area (Å²) in [6, 6.07) is 5.76. The summed E-state index contributed by atoms with van der Waals surface area (Å²) in [6.07, 6.45) is 7.75. The van der Waals surface area contributed by atoms with Gasteiger partial charge in [-0.3, -0.25) is 9.67 Å². The first-order valence-electron chi connectivity index (χ1n) is 7.97. The van der Waals surface area contributed by atoms with Gasteiger partial charge < -0.3 is 5.32 Å². The molecule has 7 heteroatoms. The van der Waals surface area contributed by atoms with Crippen LogP contribution in [0.15, 0.2) is 43.1 Å². The Morgan fingerprint density at radius 3 is 2.54 bits per heavy atom. The van der Waals surface area contributed by atoms with E-state index in [1.165, 1.54) is 0 Å². The predicted octanol–water partition coefficient (Wildman–Crippen LogP) is 2.87. The number of nitrogens with one attached hydrogen (secondary N) is 1. The van der Waals surface area contributed by atoms with Crippen LogP contribution in [0.1, 0.15) is 32.1 Å². The van der Waals surface area contributed by atoms with Crippen LogP contribution in [-0.2, 0) is 7.05 Å². The maximum atomic E-state index is 4.62. The van der Waals surface area contributed by atoms with Crippen molar-refractivity contribution in [1.29, 1.82) is 0 Å². The monoisotopic (exact) mass is 323 g/mol. The number of hydrogen-bond acceptors (Lipinski definition) is 6. The number of nitrogens with zero attached hydrogens (tertiary/aromatic N) is 6. The normalized spacial score (nSPS) is 12.3. The lowest BCUT2D eigenvalue weighted by Gasteiger charge is -2.20. The van der Waals surface area contributed by atoms with Gasteiger partial charge in [0.15, 0.2) is 0 Å². The van der Waals surface area contributed by atoms with Crippen LogP contribution >= 0.6 is 0 Å². The van der Waals surface area contributed by atoms with E-state index < -0.39 is 0 Å². The lowest BCUT2D eigenvalue weighted by atomic mass is 10.0. The molecule has 0 spiro atoms. The molecule has 0 bridgehead atoms. The summed E-state index contributed by atoms with van der Waals surface area (Å²) in [5.74, 6) is 1.96. The van der Waals surface area contributed by atoms with Crippen LogP contribution < -0.4 is 5.32 Å². The van der Waals surface area contributed by atoms with Gasteiger partial charge in [0.1, 0.15) is 12.2 Å². The van der Waals surface area contributed by atoms with E-state index in [9.17, 15) is 0 Å². The molecule has 0 aromatic carbocycles. The second-order valence-corrected chi connectivity index (χ2v) is 6.07. The van der Waals surface area contributed by atoms with Crippen molar-refractivity contribution in [3.63, 3.8) is 0 Å². The quantitative estimate of drug-likeness (QED) is 0.751. The highest BCUT2D eigenvalue weighted by Crippen LogP contribution is 2.24. The first-order chi connectivity index (χ1) is 11.6. The molecule has 7 nitrogen and oxygen atoms in total. The van der Waals surface area contributed by atoms with Crippen LogP contribution in [0.25, 0.3) is 11.3 Å². The van der Waals surface area contributed by atoms with Gasteiger partial charge in [0.2, 0.25) is 5.95 Å². The maximum absolute atomic E-state index is 4.62. The molecule has 0 radical (unpaired) electrons. The smallest absolute Gasteiger partial charge is 0.223 e. The van der Waals surface area contributed by atoms with E-state index in [-0.39, 0.29) is 6.04 Å². The van der Waals surface area contributed by atoms with Crippen LogP contribution in [-0.4, -0.2) is 29.7 Å². The topological polar surface area (TPSA) is 81.4 Å². The summed E-state index contributed by atoms with van der Waals surface area (Å²) >= 11 is 0. The van der Waals surface area contributed by atoms with Gasteiger partial charge in [-0.15, -0.1) is 0 Å². The molecule has 24 heavy (non-hydrogen) atoms. The molecule has 0 aliphatic carbocycles. The third-order valence-electron chi connectivity index (χ3n) is 3.70.